The summed E-state index contributed by atoms with van der Waals surface area (Å²) in [6.07, 6.45) is 0. The summed E-state index contributed by atoms with van der Waals surface area (Å²) in [5.41, 5.74) is 25.2. The Bertz CT molecular complexity index is 3540. The Balaban J connectivity index is 1.18. The van der Waals surface area contributed by atoms with Gasteiger partial charge < -0.3 is 9.80 Å². The molecule has 0 fully saturated rings. The van der Waals surface area contributed by atoms with E-state index in [1.807, 2.05) is 0 Å². The molecule has 0 amide bonds. The summed E-state index contributed by atoms with van der Waals surface area (Å²) in [5.74, 6) is 0. The predicted octanol–water partition coefficient (Wildman–Crippen LogP) is 18.2. The molecule has 69 heavy (non-hydrogen) atoms. The molecule has 0 saturated carbocycles. The Morgan fingerprint density at radius 1 is 0.319 bits per heavy atom. The van der Waals surface area contributed by atoms with Gasteiger partial charge in [-0.25, -0.2) is 0 Å². The van der Waals surface area contributed by atoms with Crippen LogP contribution < -0.4 is 9.80 Å². The second kappa shape index (κ2) is 16.5. The van der Waals surface area contributed by atoms with E-state index >= 15 is 0 Å². The van der Waals surface area contributed by atoms with Crippen molar-refractivity contribution < 1.29 is 0 Å². The molecule has 1 atom stereocenters. The monoisotopic (exact) mass is 886 g/mol. The van der Waals surface area contributed by atoms with Gasteiger partial charge in [-0.3, -0.25) is 0 Å². The highest BCUT2D eigenvalue weighted by Gasteiger charge is 2.50. The molecule has 2 aliphatic carbocycles. The van der Waals surface area contributed by atoms with Crippen LogP contribution in [0.2, 0.25) is 0 Å². The molecule has 0 bridgehead atoms. The van der Waals surface area contributed by atoms with Crippen LogP contribution in [0.15, 0.2) is 237 Å². The third-order valence-corrected chi connectivity index (χ3v) is 15.3. The fourth-order valence-electron chi connectivity index (χ4n) is 12.0. The number of fused-ring (bicyclic) bond motifs is 7. The number of rotatable bonds is 9. The van der Waals surface area contributed by atoms with Crippen LogP contribution in [0.1, 0.15) is 59.7 Å². The lowest BCUT2D eigenvalue weighted by Crippen LogP contribution is -2.28. The number of para-hydroxylation sites is 2. The topological polar surface area (TPSA) is 6.48 Å². The van der Waals surface area contributed by atoms with Crippen LogP contribution in [-0.2, 0) is 10.8 Å². The maximum atomic E-state index is 2.55. The minimum absolute atomic E-state index is 0.277. The summed E-state index contributed by atoms with van der Waals surface area (Å²) in [5, 5.41) is 0. The van der Waals surface area contributed by atoms with Crippen LogP contribution in [0.4, 0.5) is 34.1 Å². The zero-order valence-corrected chi connectivity index (χ0v) is 39.9. The van der Waals surface area contributed by atoms with Crippen LogP contribution in [0.25, 0.3) is 44.5 Å². The smallest absolute Gasteiger partial charge is 0.0549 e. The van der Waals surface area contributed by atoms with E-state index in [-0.39, 0.29) is 5.41 Å². The van der Waals surface area contributed by atoms with Crippen LogP contribution in [-0.4, -0.2) is 0 Å². The highest BCUT2D eigenvalue weighted by atomic mass is 15.2. The van der Waals surface area contributed by atoms with E-state index in [4.69, 9.17) is 0 Å². The minimum Gasteiger partial charge on any atom is -0.310 e. The summed E-state index contributed by atoms with van der Waals surface area (Å²) < 4.78 is 0. The first-order valence-electron chi connectivity index (χ1n) is 24.3. The van der Waals surface area contributed by atoms with E-state index in [0.29, 0.717) is 0 Å². The van der Waals surface area contributed by atoms with E-state index in [1.165, 1.54) is 89.1 Å². The molecule has 0 radical (unpaired) electrons. The Hall–Kier alpha value is -8.20. The molecule has 332 valence electrons. The van der Waals surface area contributed by atoms with Gasteiger partial charge in [0.25, 0.3) is 0 Å². The van der Waals surface area contributed by atoms with Crippen LogP contribution in [0.5, 0.6) is 0 Å². The lowest BCUT2D eigenvalue weighted by molar-refractivity contribution is 0.621. The number of anilines is 6. The van der Waals surface area contributed by atoms with Gasteiger partial charge in [0.1, 0.15) is 0 Å². The summed E-state index contributed by atoms with van der Waals surface area (Å²) in [6, 6.07) is 87.3. The van der Waals surface area contributed by atoms with Crippen molar-refractivity contribution >= 4 is 34.1 Å². The fraction of sp³-hybridized carbons (Fsp3) is 0.104. The molecule has 2 heteroatoms. The van der Waals surface area contributed by atoms with Gasteiger partial charge >= 0.3 is 0 Å². The van der Waals surface area contributed by atoms with Crippen LogP contribution in [0, 0.1) is 13.8 Å². The molecule has 2 aliphatic rings. The van der Waals surface area contributed by atoms with E-state index in [2.05, 4.69) is 281 Å². The fourth-order valence-corrected chi connectivity index (χ4v) is 12.0. The highest BCUT2D eigenvalue weighted by Crippen LogP contribution is 2.65. The van der Waals surface area contributed by atoms with Crippen molar-refractivity contribution in [3.63, 3.8) is 0 Å². The largest absolute Gasteiger partial charge is 0.310 e. The van der Waals surface area contributed by atoms with E-state index < -0.39 is 5.41 Å². The molecule has 0 aliphatic heterocycles. The van der Waals surface area contributed by atoms with Gasteiger partial charge in [0, 0.05) is 44.8 Å². The average Bonchev–Trinajstić information content (AvgIpc) is 3.80. The maximum absolute atomic E-state index is 2.55. The lowest BCUT2D eigenvalue weighted by Gasteiger charge is -2.36. The van der Waals surface area contributed by atoms with Crippen LogP contribution >= 0.6 is 0 Å². The van der Waals surface area contributed by atoms with Crippen molar-refractivity contribution in [2.24, 2.45) is 0 Å². The Morgan fingerprint density at radius 2 is 0.797 bits per heavy atom. The summed E-state index contributed by atoms with van der Waals surface area (Å²) in [4.78, 5) is 5.02. The average molecular weight is 887 g/mol. The second-order valence-electron chi connectivity index (χ2n) is 19.4. The molecule has 0 spiro atoms. The number of hydrogen-bond donors (Lipinski definition) is 0. The number of benzene rings is 10. The van der Waals surface area contributed by atoms with E-state index in [9.17, 15) is 0 Å². The van der Waals surface area contributed by atoms with Gasteiger partial charge in [-0.15, -0.1) is 0 Å². The van der Waals surface area contributed by atoms with E-state index in [0.717, 1.165) is 28.4 Å². The molecule has 10 aromatic rings. The molecule has 0 aromatic heterocycles. The van der Waals surface area contributed by atoms with E-state index in [1.54, 1.807) is 0 Å². The predicted molar refractivity (Wildman–Crippen MR) is 291 cm³/mol. The zero-order chi connectivity index (χ0) is 46.9. The van der Waals surface area contributed by atoms with Gasteiger partial charge in [-0.2, -0.15) is 0 Å². The molecule has 0 heterocycles. The maximum Gasteiger partial charge on any atom is 0.0549 e. The van der Waals surface area contributed by atoms with Gasteiger partial charge in [-0.1, -0.05) is 196 Å². The quantitative estimate of drug-likeness (QED) is 0.142. The molecule has 0 N–H and O–H groups in total. The standard InChI is InChI=1S/C67H54N2/c1-45-53(47-25-11-6-12-26-47)36-23-39-60(45)68(50-31-17-9-18-32-50)52-41-42-56-59(43-52)67(5,49-29-15-8-16-30-49)65-63(56)62(44-57-55-35-21-22-38-58(55)66(3,4)64(57)65)69(51-33-19-10-20-34-51)61-40-24-37-54(46(61)2)48-27-13-7-14-28-48/h6-44H,1-5H3. The molecular weight excluding hydrogens is 833 g/mol. The van der Waals surface area contributed by atoms with Gasteiger partial charge in [0.15, 0.2) is 0 Å². The first kappa shape index (κ1) is 42.2. The lowest BCUT2D eigenvalue weighted by atomic mass is 9.68. The van der Waals surface area contributed by atoms with Crippen LogP contribution in [0.3, 0.4) is 0 Å². The van der Waals surface area contributed by atoms with Crippen molar-refractivity contribution in [3.8, 4) is 44.5 Å². The second-order valence-corrected chi connectivity index (χ2v) is 19.4. The molecule has 12 rings (SSSR count). The van der Waals surface area contributed by atoms with Crippen molar-refractivity contribution in [2.45, 2.75) is 45.4 Å². The first-order valence-corrected chi connectivity index (χ1v) is 24.3. The third kappa shape index (κ3) is 6.61. The summed E-state index contributed by atoms with van der Waals surface area (Å²) >= 11 is 0. The Kier molecular flexibility index (Phi) is 10.1. The molecular formula is C67H54N2. The van der Waals surface area contributed by atoms with Gasteiger partial charge in [-0.05, 0) is 153 Å². The normalized spacial score (nSPS) is 14.9. The first-order chi connectivity index (χ1) is 33.7. The minimum atomic E-state index is -0.548. The number of hydrogen-bond acceptors (Lipinski definition) is 2. The van der Waals surface area contributed by atoms with Crippen molar-refractivity contribution in [2.75, 3.05) is 9.80 Å². The van der Waals surface area contributed by atoms with Crippen molar-refractivity contribution in [3.05, 3.63) is 276 Å². The Labute approximate surface area is 407 Å². The third-order valence-electron chi connectivity index (χ3n) is 15.3. The molecule has 10 aromatic carbocycles. The Morgan fingerprint density at radius 3 is 1.38 bits per heavy atom. The molecule has 1 unspecified atom stereocenters. The van der Waals surface area contributed by atoms with Gasteiger partial charge in [0.05, 0.1) is 5.69 Å². The van der Waals surface area contributed by atoms with Crippen molar-refractivity contribution in [1.82, 2.24) is 0 Å². The molecule has 2 nitrogen and oxygen atoms in total. The highest BCUT2D eigenvalue weighted by molar-refractivity contribution is 6.03. The SMILES string of the molecule is Cc1c(-c2ccccc2)cccc1N(c1ccccc1)c1ccc2c(c1)C(C)(c1ccccc1)c1c-2c(N(c2ccccc2)c2cccc(-c3ccccc3)c2C)cc2c1C(C)(C)c1ccccc1-2. The summed E-state index contributed by atoms with van der Waals surface area (Å²) in [7, 11) is 0. The number of nitrogens with zero attached hydrogens (tertiary/aromatic N) is 2. The van der Waals surface area contributed by atoms with Gasteiger partial charge in [0.2, 0.25) is 0 Å². The molecule has 0 saturated heterocycles. The zero-order valence-electron chi connectivity index (χ0n) is 39.9. The summed E-state index contributed by atoms with van der Waals surface area (Å²) in [6.45, 7) is 12.0. The van der Waals surface area contributed by atoms with Crippen molar-refractivity contribution in [1.29, 1.82) is 0 Å².